The molecule has 0 bridgehead atoms. The van der Waals surface area contributed by atoms with Crippen LogP contribution in [0.1, 0.15) is 59.8 Å². The normalized spacial score (nSPS) is 20.8. The summed E-state index contributed by atoms with van der Waals surface area (Å²) in [6.45, 7) is 11.7. The molecule has 0 heterocycles. The number of nitrogens with one attached hydrogen (secondary N) is 1. The summed E-state index contributed by atoms with van der Waals surface area (Å²) in [5.41, 5.74) is 0.264. The van der Waals surface area contributed by atoms with E-state index in [1.807, 2.05) is 0 Å². The Hall–Kier alpha value is -0.0800. The van der Waals surface area contributed by atoms with Crippen molar-refractivity contribution in [3.05, 3.63) is 0 Å². The SMILES string of the molecule is CCN(CC)C(C)(C)C(NC)C1CCCCC1. The largest absolute Gasteiger partial charge is 0.315 e. The first-order chi connectivity index (χ1) is 8.07. The maximum absolute atomic E-state index is 3.62. The summed E-state index contributed by atoms with van der Waals surface area (Å²) >= 11 is 0. The molecule has 1 unspecified atom stereocenters. The van der Waals surface area contributed by atoms with Crippen molar-refractivity contribution >= 4 is 0 Å². The Balaban J connectivity index is 2.75. The molecular formula is C15H32N2. The molecule has 0 radical (unpaired) electrons. The van der Waals surface area contributed by atoms with Crippen LogP contribution >= 0.6 is 0 Å². The van der Waals surface area contributed by atoms with Crippen molar-refractivity contribution in [1.29, 1.82) is 0 Å². The van der Waals surface area contributed by atoms with Gasteiger partial charge in [0, 0.05) is 11.6 Å². The lowest BCUT2D eigenvalue weighted by atomic mass is 9.75. The van der Waals surface area contributed by atoms with Gasteiger partial charge in [-0.1, -0.05) is 33.1 Å². The van der Waals surface area contributed by atoms with Crippen LogP contribution < -0.4 is 5.32 Å². The van der Waals surface area contributed by atoms with E-state index in [4.69, 9.17) is 0 Å². The Kier molecular flexibility index (Phi) is 5.94. The van der Waals surface area contributed by atoms with Crippen LogP contribution in [0.4, 0.5) is 0 Å². The molecule has 0 aromatic carbocycles. The minimum atomic E-state index is 0.264. The minimum Gasteiger partial charge on any atom is -0.315 e. The average Bonchev–Trinajstić information content (AvgIpc) is 2.32. The van der Waals surface area contributed by atoms with Crippen molar-refractivity contribution in [3.63, 3.8) is 0 Å². The molecule has 2 heteroatoms. The maximum atomic E-state index is 3.62. The van der Waals surface area contributed by atoms with Crippen molar-refractivity contribution in [2.24, 2.45) is 5.92 Å². The lowest BCUT2D eigenvalue weighted by Crippen LogP contribution is -2.60. The van der Waals surface area contributed by atoms with E-state index < -0.39 is 0 Å². The van der Waals surface area contributed by atoms with E-state index in [1.54, 1.807) is 0 Å². The maximum Gasteiger partial charge on any atom is 0.0308 e. The van der Waals surface area contributed by atoms with Crippen LogP contribution in [0.2, 0.25) is 0 Å². The first-order valence-corrected chi connectivity index (χ1v) is 7.50. The predicted molar refractivity (Wildman–Crippen MR) is 76.4 cm³/mol. The molecule has 1 aliphatic carbocycles. The Labute approximate surface area is 108 Å². The molecule has 1 fully saturated rings. The van der Waals surface area contributed by atoms with Crippen LogP contribution in [0, 0.1) is 5.92 Å². The van der Waals surface area contributed by atoms with Gasteiger partial charge in [-0.15, -0.1) is 0 Å². The van der Waals surface area contributed by atoms with Crippen molar-refractivity contribution in [2.45, 2.75) is 71.4 Å². The molecule has 0 saturated heterocycles. The molecule has 0 aliphatic heterocycles. The third kappa shape index (κ3) is 3.45. The fourth-order valence-electron chi connectivity index (χ4n) is 3.87. The molecule has 1 saturated carbocycles. The predicted octanol–water partition coefficient (Wildman–Crippen LogP) is 3.28. The summed E-state index contributed by atoms with van der Waals surface area (Å²) in [4.78, 5) is 2.60. The minimum absolute atomic E-state index is 0.264. The van der Waals surface area contributed by atoms with Gasteiger partial charge in [0.15, 0.2) is 0 Å². The molecule has 17 heavy (non-hydrogen) atoms. The van der Waals surface area contributed by atoms with E-state index in [-0.39, 0.29) is 5.54 Å². The van der Waals surface area contributed by atoms with E-state index >= 15 is 0 Å². The Bertz CT molecular complexity index is 203. The van der Waals surface area contributed by atoms with Crippen molar-refractivity contribution in [3.8, 4) is 0 Å². The zero-order valence-corrected chi connectivity index (χ0v) is 12.6. The summed E-state index contributed by atoms with van der Waals surface area (Å²) in [5, 5.41) is 3.62. The first-order valence-electron chi connectivity index (χ1n) is 7.50. The highest BCUT2D eigenvalue weighted by atomic mass is 15.2. The van der Waals surface area contributed by atoms with Gasteiger partial charge in [0.25, 0.3) is 0 Å². The van der Waals surface area contributed by atoms with Gasteiger partial charge >= 0.3 is 0 Å². The van der Waals surface area contributed by atoms with Crippen molar-refractivity contribution < 1.29 is 0 Å². The van der Waals surface area contributed by atoms with Gasteiger partial charge in [-0.05, 0) is 52.7 Å². The molecule has 1 atom stereocenters. The lowest BCUT2D eigenvalue weighted by molar-refractivity contribution is 0.0581. The molecule has 1 N–H and O–H groups in total. The quantitative estimate of drug-likeness (QED) is 0.766. The highest BCUT2D eigenvalue weighted by Crippen LogP contribution is 2.33. The number of rotatable bonds is 6. The lowest BCUT2D eigenvalue weighted by Gasteiger charge is -2.47. The summed E-state index contributed by atoms with van der Waals surface area (Å²) in [6.07, 6.45) is 7.12. The molecule has 102 valence electrons. The Morgan fingerprint density at radius 1 is 1.12 bits per heavy atom. The van der Waals surface area contributed by atoms with Gasteiger partial charge in [-0.3, -0.25) is 4.90 Å². The fourth-order valence-corrected chi connectivity index (χ4v) is 3.87. The van der Waals surface area contributed by atoms with Crippen LogP contribution in [0.5, 0.6) is 0 Å². The van der Waals surface area contributed by atoms with Crippen molar-refractivity contribution in [1.82, 2.24) is 10.2 Å². The zero-order valence-electron chi connectivity index (χ0n) is 12.6. The molecule has 1 rings (SSSR count). The zero-order chi connectivity index (χ0) is 12.9. The second-order valence-corrected chi connectivity index (χ2v) is 5.99. The molecule has 0 aromatic heterocycles. The van der Waals surface area contributed by atoms with Crippen LogP contribution in [0.15, 0.2) is 0 Å². The van der Waals surface area contributed by atoms with Gasteiger partial charge in [0.05, 0.1) is 0 Å². The topological polar surface area (TPSA) is 15.3 Å². The summed E-state index contributed by atoms with van der Waals surface area (Å²) in [5.74, 6) is 0.865. The number of likely N-dealkylation sites (N-methyl/N-ethyl adjacent to an activating group) is 2. The number of nitrogens with zero attached hydrogens (tertiary/aromatic N) is 1. The summed E-state index contributed by atoms with van der Waals surface area (Å²) < 4.78 is 0. The van der Waals surface area contributed by atoms with E-state index in [0.717, 1.165) is 19.0 Å². The van der Waals surface area contributed by atoms with Crippen LogP contribution in [-0.4, -0.2) is 36.6 Å². The second-order valence-electron chi connectivity index (χ2n) is 5.99. The van der Waals surface area contributed by atoms with E-state index in [0.29, 0.717) is 6.04 Å². The first kappa shape index (κ1) is 15.0. The Morgan fingerprint density at radius 2 is 1.65 bits per heavy atom. The van der Waals surface area contributed by atoms with Crippen molar-refractivity contribution in [2.75, 3.05) is 20.1 Å². The highest BCUT2D eigenvalue weighted by Gasteiger charge is 2.38. The monoisotopic (exact) mass is 240 g/mol. The molecule has 0 aromatic rings. The number of hydrogen-bond donors (Lipinski definition) is 1. The smallest absolute Gasteiger partial charge is 0.0308 e. The second kappa shape index (κ2) is 6.75. The molecule has 0 amide bonds. The van der Waals surface area contributed by atoms with Gasteiger partial charge in [0.2, 0.25) is 0 Å². The van der Waals surface area contributed by atoms with E-state index in [2.05, 4.69) is 45.0 Å². The summed E-state index contributed by atoms with van der Waals surface area (Å²) in [6, 6.07) is 0.628. The van der Waals surface area contributed by atoms with E-state index in [1.165, 1.54) is 32.1 Å². The average molecular weight is 240 g/mol. The standard InChI is InChI=1S/C15H32N2/c1-6-17(7-2)15(3,4)14(16-5)13-11-9-8-10-12-13/h13-14,16H,6-12H2,1-5H3. The highest BCUT2D eigenvalue weighted by molar-refractivity contribution is 4.96. The van der Waals surface area contributed by atoms with Crippen LogP contribution in [0.3, 0.4) is 0 Å². The van der Waals surface area contributed by atoms with Gasteiger partial charge < -0.3 is 5.32 Å². The van der Waals surface area contributed by atoms with Gasteiger partial charge in [-0.2, -0.15) is 0 Å². The van der Waals surface area contributed by atoms with E-state index in [9.17, 15) is 0 Å². The third-order valence-electron chi connectivity index (χ3n) is 4.77. The fraction of sp³-hybridized carbons (Fsp3) is 1.00. The van der Waals surface area contributed by atoms with Gasteiger partial charge in [0.1, 0.15) is 0 Å². The molecule has 0 spiro atoms. The van der Waals surface area contributed by atoms with Crippen LogP contribution in [0.25, 0.3) is 0 Å². The Morgan fingerprint density at radius 3 is 2.06 bits per heavy atom. The van der Waals surface area contributed by atoms with Crippen LogP contribution in [-0.2, 0) is 0 Å². The van der Waals surface area contributed by atoms with Gasteiger partial charge in [-0.25, -0.2) is 0 Å². The summed E-state index contributed by atoms with van der Waals surface area (Å²) in [7, 11) is 2.14. The molecular weight excluding hydrogens is 208 g/mol. The third-order valence-corrected chi connectivity index (χ3v) is 4.77. The molecule has 1 aliphatic rings. The molecule has 2 nitrogen and oxygen atoms in total. The number of hydrogen-bond acceptors (Lipinski definition) is 2.